The Bertz CT molecular complexity index is 1030. The maximum Gasteiger partial charge on any atom is 0.410 e. The Hall–Kier alpha value is -3.17. The van der Waals surface area contributed by atoms with Crippen molar-refractivity contribution in [2.24, 2.45) is 13.0 Å². The van der Waals surface area contributed by atoms with Gasteiger partial charge in [0.1, 0.15) is 6.61 Å². The van der Waals surface area contributed by atoms with E-state index in [4.69, 9.17) is 14.5 Å². The monoisotopic (exact) mass is 471 g/mol. The zero-order chi connectivity index (χ0) is 24.2. The summed E-state index contributed by atoms with van der Waals surface area (Å²) in [5.41, 5.74) is 2.16. The molecule has 2 atom stereocenters. The summed E-state index contributed by atoms with van der Waals surface area (Å²) in [5, 5.41) is 13.7. The number of rotatable bonds is 8. The molecule has 0 spiro atoms. The van der Waals surface area contributed by atoms with E-state index in [1.807, 2.05) is 6.92 Å². The molecule has 2 saturated carbocycles. The molecular formula is C24H33N5O5. The van der Waals surface area contributed by atoms with Crippen LogP contribution in [-0.2, 0) is 29.6 Å². The Morgan fingerprint density at radius 2 is 1.97 bits per heavy atom. The summed E-state index contributed by atoms with van der Waals surface area (Å²) >= 11 is 0. The number of carbonyl (C=O) groups excluding carboxylic acids is 1. The molecule has 10 nitrogen and oxygen atoms in total. The van der Waals surface area contributed by atoms with Crippen molar-refractivity contribution in [1.82, 2.24) is 24.6 Å². The topological polar surface area (TPSA) is 120 Å². The molecule has 0 aliphatic heterocycles. The predicted molar refractivity (Wildman–Crippen MR) is 123 cm³/mol. The van der Waals surface area contributed by atoms with Crippen molar-refractivity contribution in [3.8, 4) is 17.1 Å². The number of carbonyl (C=O) groups is 2. The van der Waals surface area contributed by atoms with Gasteiger partial charge >= 0.3 is 12.1 Å². The van der Waals surface area contributed by atoms with Crippen molar-refractivity contribution >= 4 is 12.1 Å². The molecule has 184 valence electrons. The lowest BCUT2D eigenvalue weighted by Crippen LogP contribution is -2.41. The fraction of sp³-hybridized carbons (Fsp3) is 0.625. The average molecular weight is 472 g/mol. The molecule has 2 aliphatic rings. The summed E-state index contributed by atoms with van der Waals surface area (Å²) in [7, 11) is 3.57. The van der Waals surface area contributed by atoms with Crippen LogP contribution in [0.1, 0.15) is 63.3 Å². The van der Waals surface area contributed by atoms with E-state index in [2.05, 4.69) is 10.1 Å². The van der Waals surface area contributed by atoms with Crippen LogP contribution in [0.25, 0.3) is 11.4 Å². The number of ether oxygens (including phenoxy) is 2. The van der Waals surface area contributed by atoms with E-state index in [0.29, 0.717) is 42.1 Å². The average Bonchev–Trinajstić information content (AvgIpc) is 3.16. The first-order valence-corrected chi connectivity index (χ1v) is 12.0. The lowest BCUT2D eigenvalue weighted by molar-refractivity contribution is -0.143. The second-order valence-corrected chi connectivity index (χ2v) is 9.18. The minimum atomic E-state index is -0.765. The molecule has 4 rings (SSSR count). The molecule has 34 heavy (non-hydrogen) atoms. The minimum absolute atomic E-state index is 0.0729. The molecular weight excluding hydrogens is 438 g/mol. The van der Waals surface area contributed by atoms with E-state index in [0.717, 1.165) is 37.8 Å². The van der Waals surface area contributed by atoms with Gasteiger partial charge in [0, 0.05) is 20.1 Å². The standard InChI is InChI=1S/C24H33N5O5/c1-4-19-21(34-17-10-5-7-15(11-17)23(30)31)13-25-22(27-19)18-12-26-29(3)20(18)14-33-24(32)28(2)16-8-6-9-16/h12-13,15-17H,4-11,14H2,1-3H3,(H,30,31)/t15-,17-/m0/s1. The Morgan fingerprint density at radius 3 is 2.65 bits per heavy atom. The van der Waals surface area contributed by atoms with E-state index in [1.54, 1.807) is 36.1 Å². The lowest BCUT2D eigenvalue weighted by Gasteiger charge is -2.33. The van der Waals surface area contributed by atoms with Crippen LogP contribution in [0.5, 0.6) is 5.75 Å². The van der Waals surface area contributed by atoms with Gasteiger partial charge in [-0.3, -0.25) is 9.48 Å². The third-order valence-electron chi connectivity index (χ3n) is 6.98. The maximum atomic E-state index is 12.4. The third kappa shape index (κ3) is 5.15. The fourth-order valence-electron chi connectivity index (χ4n) is 4.52. The first-order valence-electron chi connectivity index (χ1n) is 12.0. The molecule has 0 unspecified atom stereocenters. The number of aliphatic carboxylic acids is 1. The highest BCUT2D eigenvalue weighted by Gasteiger charge is 2.29. The van der Waals surface area contributed by atoms with Gasteiger partial charge < -0.3 is 19.5 Å². The first kappa shape index (κ1) is 24.0. The van der Waals surface area contributed by atoms with Gasteiger partial charge in [-0.1, -0.05) is 6.92 Å². The zero-order valence-electron chi connectivity index (χ0n) is 20.1. The second kappa shape index (κ2) is 10.4. The summed E-state index contributed by atoms with van der Waals surface area (Å²) in [4.78, 5) is 34.7. The van der Waals surface area contributed by atoms with Gasteiger partial charge in [-0.05, 0) is 51.4 Å². The van der Waals surface area contributed by atoms with Crippen LogP contribution < -0.4 is 4.74 Å². The van der Waals surface area contributed by atoms with Crippen LogP contribution in [0.2, 0.25) is 0 Å². The molecule has 1 N–H and O–H groups in total. The van der Waals surface area contributed by atoms with Crippen molar-refractivity contribution in [2.75, 3.05) is 7.05 Å². The molecule has 0 saturated heterocycles. The van der Waals surface area contributed by atoms with E-state index in [9.17, 15) is 14.7 Å². The molecule has 0 bridgehead atoms. The number of aryl methyl sites for hydroxylation is 2. The normalized spacial score (nSPS) is 20.4. The number of carboxylic acid groups (broad SMARTS) is 1. The summed E-state index contributed by atoms with van der Waals surface area (Å²) in [6.07, 6.45) is 9.47. The van der Waals surface area contributed by atoms with Crippen LogP contribution in [-0.4, -0.2) is 61.0 Å². The van der Waals surface area contributed by atoms with Gasteiger partial charge in [-0.15, -0.1) is 0 Å². The van der Waals surface area contributed by atoms with Crippen molar-refractivity contribution in [3.05, 3.63) is 23.8 Å². The molecule has 2 fully saturated rings. The number of amides is 1. The summed E-state index contributed by atoms with van der Waals surface area (Å²) in [6, 6.07) is 0.261. The number of hydrogen-bond acceptors (Lipinski definition) is 7. The van der Waals surface area contributed by atoms with Crippen LogP contribution in [0, 0.1) is 5.92 Å². The number of aromatic nitrogens is 4. The number of carboxylic acids is 1. The van der Waals surface area contributed by atoms with Gasteiger partial charge in [0.05, 0.1) is 41.4 Å². The van der Waals surface area contributed by atoms with Crippen LogP contribution in [0.3, 0.4) is 0 Å². The number of hydrogen-bond donors (Lipinski definition) is 1. The first-order chi connectivity index (χ1) is 16.4. The highest BCUT2D eigenvalue weighted by atomic mass is 16.6. The molecule has 0 aromatic carbocycles. The van der Waals surface area contributed by atoms with E-state index < -0.39 is 5.97 Å². The van der Waals surface area contributed by atoms with Gasteiger partial charge in [0.2, 0.25) is 0 Å². The molecule has 2 aliphatic carbocycles. The zero-order valence-corrected chi connectivity index (χ0v) is 20.1. The van der Waals surface area contributed by atoms with Crippen LogP contribution in [0.15, 0.2) is 12.4 Å². The maximum absolute atomic E-state index is 12.4. The molecule has 2 aromatic heterocycles. The largest absolute Gasteiger partial charge is 0.487 e. The molecule has 10 heteroatoms. The quantitative estimate of drug-likeness (QED) is 0.620. The highest BCUT2D eigenvalue weighted by Crippen LogP contribution is 2.31. The molecule has 0 radical (unpaired) electrons. The van der Waals surface area contributed by atoms with Crippen molar-refractivity contribution in [2.45, 2.75) is 77.0 Å². The van der Waals surface area contributed by atoms with Gasteiger partial charge in [-0.25, -0.2) is 14.8 Å². The van der Waals surface area contributed by atoms with Crippen molar-refractivity contribution < 1.29 is 24.2 Å². The third-order valence-corrected chi connectivity index (χ3v) is 6.98. The molecule has 1 amide bonds. The SMILES string of the molecule is CCc1nc(-c2cnn(C)c2COC(=O)N(C)C2CCC2)ncc1O[C@H]1CCC[C@H](C(=O)O)C1. The van der Waals surface area contributed by atoms with E-state index in [-0.39, 0.29) is 30.8 Å². The Labute approximate surface area is 199 Å². The van der Waals surface area contributed by atoms with E-state index >= 15 is 0 Å². The summed E-state index contributed by atoms with van der Waals surface area (Å²) < 4.78 is 13.4. The van der Waals surface area contributed by atoms with Crippen molar-refractivity contribution in [3.63, 3.8) is 0 Å². The Kier molecular flexibility index (Phi) is 7.33. The number of nitrogens with zero attached hydrogens (tertiary/aromatic N) is 5. The molecule has 2 aromatic rings. The summed E-state index contributed by atoms with van der Waals surface area (Å²) in [5.74, 6) is -0.0589. The van der Waals surface area contributed by atoms with Crippen LogP contribution in [0.4, 0.5) is 4.79 Å². The Balaban J connectivity index is 1.47. The predicted octanol–water partition coefficient (Wildman–Crippen LogP) is 3.58. The lowest BCUT2D eigenvalue weighted by atomic mass is 9.87. The van der Waals surface area contributed by atoms with E-state index in [1.165, 1.54) is 0 Å². The fourth-order valence-corrected chi connectivity index (χ4v) is 4.52. The Morgan fingerprint density at radius 1 is 1.21 bits per heavy atom. The van der Waals surface area contributed by atoms with Gasteiger partial charge in [-0.2, -0.15) is 5.10 Å². The smallest absolute Gasteiger partial charge is 0.410 e. The summed E-state index contributed by atoms with van der Waals surface area (Å²) in [6.45, 7) is 2.06. The minimum Gasteiger partial charge on any atom is -0.487 e. The van der Waals surface area contributed by atoms with Crippen molar-refractivity contribution in [1.29, 1.82) is 0 Å². The molecule has 2 heterocycles. The van der Waals surface area contributed by atoms with Crippen LogP contribution >= 0.6 is 0 Å². The van der Waals surface area contributed by atoms with Gasteiger partial charge in [0.15, 0.2) is 11.6 Å². The second-order valence-electron chi connectivity index (χ2n) is 9.18. The van der Waals surface area contributed by atoms with Gasteiger partial charge in [0.25, 0.3) is 0 Å². The highest BCUT2D eigenvalue weighted by molar-refractivity contribution is 5.70.